The van der Waals surface area contributed by atoms with Gasteiger partial charge in [-0.05, 0) is 78.7 Å². The number of fused-ring (bicyclic) bond motifs is 1. The zero-order chi connectivity index (χ0) is 17.9. The topological polar surface area (TPSA) is 40.5 Å². The molecule has 2 saturated carbocycles. The van der Waals surface area contributed by atoms with E-state index < -0.39 is 0 Å². The molecule has 0 saturated heterocycles. The maximum atomic E-state index is 10.7. The van der Waals surface area contributed by atoms with Crippen LogP contribution in [0.5, 0.6) is 0 Å². The molecule has 0 amide bonds. The van der Waals surface area contributed by atoms with E-state index in [0.29, 0.717) is 23.2 Å². The zero-order valence-corrected chi connectivity index (χ0v) is 17.2. The van der Waals surface area contributed by atoms with Crippen LogP contribution in [0.1, 0.15) is 65.7 Å². The van der Waals surface area contributed by atoms with Gasteiger partial charge in [0, 0.05) is 5.92 Å². The first-order valence-electron chi connectivity index (χ1n) is 9.64. The largest absolute Gasteiger partial charge is 0.392 e. The van der Waals surface area contributed by atoms with Crippen LogP contribution in [0.4, 0.5) is 0 Å². The van der Waals surface area contributed by atoms with Gasteiger partial charge in [-0.25, -0.2) is 0 Å². The van der Waals surface area contributed by atoms with Crippen molar-refractivity contribution < 1.29 is 10.2 Å². The Hall–Kier alpha value is -0.120. The predicted octanol–water partition coefficient (Wildman–Crippen LogP) is 5.44. The van der Waals surface area contributed by atoms with E-state index in [0.717, 1.165) is 18.4 Å². The van der Waals surface area contributed by atoms with Crippen LogP contribution in [-0.2, 0) is 0 Å². The monoisotopic (exact) mass is 398 g/mol. The molecule has 2 aliphatic carbocycles. The Labute approximate surface area is 156 Å². The zero-order valence-electron chi connectivity index (χ0n) is 15.6. The van der Waals surface area contributed by atoms with E-state index in [1.54, 1.807) is 5.57 Å². The summed E-state index contributed by atoms with van der Waals surface area (Å²) in [5.74, 6) is 1.92. The van der Waals surface area contributed by atoms with Gasteiger partial charge >= 0.3 is 0 Å². The molecule has 2 nitrogen and oxygen atoms in total. The van der Waals surface area contributed by atoms with Crippen molar-refractivity contribution in [3.8, 4) is 0 Å². The highest BCUT2D eigenvalue weighted by atomic mass is 79.9. The van der Waals surface area contributed by atoms with E-state index in [9.17, 15) is 10.2 Å². The molecule has 0 unspecified atom stereocenters. The highest BCUT2D eigenvalue weighted by Crippen LogP contribution is 2.60. The Morgan fingerprint density at radius 2 is 2.17 bits per heavy atom. The summed E-state index contributed by atoms with van der Waals surface area (Å²) in [7, 11) is 0. The maximum absolute atomic E-state index is 10.7. The quantitative estimate of drug-likeness (QED) is 0.560. The molecule has 3 heteroatoms. The van der Waals surface area contributed by atoms with Crippen molar-refractivity contribution >= 4 is 15.9 Å². The van der Waals surface area contributed by atoms with Gasteiger partial charge in [0.05, 0.1) is 12.7 Å². The highest BCUT2D eigenvalue weighted by molar-refractivity contribution is 9.11. The van der Waals surface area contributed by atoms with Crippen LogP contribution in [0.25, 0.3) is 0 Å². The third kappa shape index (κ3) is 3.83. The molecule has 0 aromatic carbocycles. The standard InChI is InChI=1S/C21H35BrO2/c1-5-17(15(3)13-23)20(24)11-14(2)18-8-9-19-16(12-22)7-6-10-21(18,19)4/h12,14,17-20,23-24H,3,5-11,13H2,1-2,4H3/b16-12+/t14-,17+,18-,19+,20+,21-/m1/s1. The van der Waals surface area contributed by atoms with Crippen LogP contribution >= 0.6 is 15.9 Å². The van der Waals surface area contributed by atoms with Crippen molar-refractivity contribution in [3.05, 3.63) is 22.7 Å². The molecule has 0 aromatic heterocycles. The summed E-state index contributed by atoms with van der Waals surface area (Å²) in [6, 6.07) is 0. The lowest BCUT2D eigenvalue weighted by Gasteiger charge is -2.44. The van der Waals surface area contributed by atoms with Gasteiger partial charge in [-0.15, -0.1) is 0 Å². The van der Waals surface area contributed by atoms with Crippen molar-refractivity contribution in [3.63, 3.8) is 0 Å². The molecule has 0 bridgehead atoms. The minimum atomic E-state index is -0.387. The van der Waals surface area contributed by atoms with Gasteiger partial charge in [-0.3, -0.25) is 0 Å². The van der Waals surface area contributed by atoms with E-state index in [4.69, 9.17) is 0 Å². The fourth-order valence-corrected chi connectivity index (χ4v) is 6.35. The molecule has 0 aliphatic heterocycles. The second-order valence-electron chi connectivity index (χ2n) is 8.39. The third-order valence-corrected chi connectivity index (χ3v) is 7.70. The first-order valence-corrected chi connectivity index (χ1v) is 10.6. The lowest BCUT2D eigenvalue weighted by atomic mass is 9.61. The van der Waals surface area contributed by atoms with E-state index in [1.807, 2.05) is 0 Å². The number of hydrogen-bond acceptors (Lipinski definition) is 2. The number of aliphatic hydroxyl groups excluding tert-OH is 2. The van der Waals surface area contributed by atoms with Gasteiger partial charge in [-0.2, -0.15) is 0 Å². The average molecular weight is 399 g/mol. The summed E-state index contributed by atoms with van der Waals surface area (Å²) in [4.78, 5) is 2.18. The lowest BCUT2D eigenvalue weighted by molar-refractivity contribution is 0.0445. The number of aliphatic hydroxyl groups is 2. The van der Waals surface area contributed by atoms with Crippen LogP contribution in [0.2, 0.25) is 0 Å². The Morgan fingerprint density at radius 3 is 2.75 bits per heavy atom. The van der Waals surface area contributed by atoms with Crippen LogP contribution < -0.4 is 0 Å². The predicted molar refractivity (Wildman–Crippen MR) is 105 cm³/mol. The molecule has 0 aromatic rings. The molecule has 0 radical (unpaired) electrons. The van der Waals surface area contributed by atoms with Gasteiger partial charge in [0.25, 0.3) is 0 Å². The van der Waals surface area contributed by atoms with E-state index in [-0.39, 0.29) is 18.6 Å². The number of hydrogen-bond donors (Lipinski definition) is 2. The smallest absolute Gasteiger partial charge is 0.0642 e. The minimum absolute atomic E-state index is 0.0202. The third-order valence-electron chi connectivity index (χ3n) is 7.11. The molecule has 2 N–H and O–H groups in total. The molecule has 0 heterocycles. The maximum Gasteiger partial charge on any atom is 0.0642 e. The van der Waals surface area contributed by atoms with Crippen LogP contribution in [0.3, 0.4) is 0 Å². The average Bonchev–Trinajstić information content (AvgIpc) is 2.92. The lowest BCUT2D eigenvalue weighted by Crippen LogP contribution is -2.37. The van der Waals surface area contributed by atoms with Crippen molar-refractivity contribution in [2.45, 2.75) is 71.8 Å². The number of halogens is 1. The number of allylic oxidation sites excluding steroid dienone is 1. The van der Waals surface area contributed by atoms with E-state index in [1.165, 1.54) is 32.1 Å². The summed E-state index contributed by atoms with van der Waals surface area (Å²) < 4.78 is 0. The summed E-state index contributed by atoms with van der Waals surface area (Å²) >= 11 is 3.59. The highest BCUT2D eigenvalue weighted by Gasteiger charge is 2.50. The summed E-state index contributed by atoms with van der Waals surface area (Å²) in [6.45, 7) is 10.8. The first-order chi connectivity index (χ1) is 11.4. The Bertz CT molecular complexity index is 472. The van der Waals surface area contributed by atoms with Gasteiger partial charge in [0.2, 0.25) is 0 Å². The molecule has 2 fully saturated rings. The Morgan fingerprint density at radius 1 is 1.46 bits per heavy atom. The molecule has 138 valence electrons. The van der Waals surface area contributed by atoms with Gasteiger partial charge < -0.3 is 10.2 Å². The fourth-order valence-electron chi connectivity index (χ4n) is 5.80. The summed E-state index contributed by atoms with van der Waals surface area (Å²) in [6.07, 6.45) is 7.68. The molecule has 2 rings (SSSR count). The van der Waals surface area contributed by atoms with Gasteiger partial charge in [-0.1, -0.05) is 48.9 Å². The van der Waals surface area contributed by atoms with E-state index in [2.05, 4.69) is 48.3 Å². The van der Waals surface area contributed by atoms with E-state index >= 15 is 0 Å². The summed E-state index contributed by atoms with van der Waals surface area (Å²) in [5, 5.41) is 20.1. The fraction of sp³-hybridized carbons (Fsp3) is 0.810. The second-order valence-corrected chi connectivity index (χ2v) is 8.85. The molecular weight excluding hydrogens is 364 g/mol. The second kappa shape index (κ2) is 8.51. The SMILES string of the molecule is C=C(CO)[C@H](CC)[C@@H](O)C[C@@H](C)[C@H]1CC[C@H]2/C(=C/Br)CCC[C@]12C. The van der Waals surface area contributed by atoms with Crippen molar-refractivity contribution in [1.29, 1.82) is 0 Å². The van der Waals surface area contributed by atoms with Gasteiger partial charge in [0.15, 0.2) is 0 Å². The molecule has 2 aliphatic rings. The Kier molecular flexibility index (Phi) is 7.16. The molecule has 6 atom stereocenters. The summed E-state index contributed by atoms with van der Waals surface area (Å²) in [5.41, 5.74) is 2.75. The first kappa shape index (κ1) is 20.2. The van der Waals surface area contributed by atoms with Crippen molar-refractivity contribution in [1.82, 2.24) is 0 Å². The minimum Gasteiger partial charge on any atom is -0.392 e. The van der Waals surface area contributed by atoms with Crippen molar-refractivity contribution in [2.75, 3.05) is 6.61 Å². The van der Waals surface area contributed by atoms with Gasteiger partial charge in [0.1, 0.15) is 0 Å². The normalized spacial score (nSPS) is 35.5. The van der Waals surface area contributed by atoms with Crippen LogP contribution in [0, 0.1) is 29.1 Å². The van der Waals surface area contributed by atoms with Crippen LogP contribution in [-0.4, -0.2) is 22.9 Å². The molecule has 24 heavy (non-hydrogen) atoms. The molecular formula is C21H35BrO2. The van der Waals surface area contributed by atoms with Crippen molar-refractivity contribution in [2.24, 2.45) is 29.1 Å². The van der Waals surface area contributed by atoms with Crippen LogP contribution in [0.15, 0.2) is 22.7 Å². The number of rotatable bonds is 7. The molecule has 0 spiro atoms. The Balaban J connectivity index is 2.07.